The largest absolute Gasteiger partial charge is 0.498 e. The van der Waals surface area contributed by atoms with Crippen molar-refractivity contribution in [3.8, 4) is 0 Å². The van der Waals surface area contributed by atoms with Gasteiger partial charge in [-0.15, -0.1) is 0 Å². The highest BCUT2D eigenvalue weighted by Crippen LogP contribution is 2.11. The first kappa shape index (κ1) is 12.8. The molecule has 0 aromatic heterocycles. The summed E-state index contributed by atoms with van der Waals surface area (Å²) in [6, 6.07) is 6.66. The second-order valence-corrected chi connectivity index (χ2v) is 4.65. The summed E-state index contributed by atoms with van der Waals surface area (Å²) in [6.45, 7) is 11.2. The first-order valence-electron chi connectivity index (χ1n) is 5.83. The summed E-state index contributed by atoms with van der Waals surface area (Å²) in [5.41, 5.74) is 5.27. The monoisotopic (exact) mass is 218 g/mol. The minimum Gasteiger partial charge on any atom is -0.498 e. The Hall–Kier alpha value is -1.24. The molecule has 0 spiro atoms. The van der Waals surface area contributed by atoms with E-state index in [1.165, 1.54) is 22.3 Å². The lowest BCUT2D eigenvalue weighted by Crippen LogP contribution is -1.99. The highest BCUT2D eigenvalue weighted by molar-refractivity contribution is 5.28. The van der Waals surface area contributed by atoms with Gasteiger partial charge in [0, 0.05) is 6.42 Å². The molecule has 1 aromatic carbocycles. The van der Waals surface area contributed by atoms with E-state index in [0.29, 0.717) is 0 Å². The lowest BCUT2D eigenvalue weighted by atomic mass is 10.1. The Morgan fingerprint density at radius 3 is 2.06 bits per heavy atom. The van der Waals surface area contributed by atoms with Gasteiger partial charge in [-0.25, -0.2) is 0 Å². The van der Waals surface area contributed by atoms with E-state index < -0.39 is 0 Å². The zero-order valence-corrected chi connectivity index (χ0v) is 11.1. The van der Waals surface area contributed by atoms with E-state index in [0.717, 1.165) is 18.8 Å². The van der Waals surface area contributed by atoms with Crippen LogP contribution in [-0.2, 0) is 11.2 Å². The van der Waals surface area contributed by atoms with Crippen LogP contribution in [0, 0.1) is 13.8 Å². The number of aryl methyl sites for hydroxylation is 2. The predicted octanol–water partition coefficient (Wildman–Crippen LogP) is 4.18. The van der Waals surface area contributed by atoms with Crippen molar-refractivity contribution in [2.24, 2.45) is 0 Å². The molecule has 0 fully saturated rings. The lowest BCUT2D eigenvalue weighted by Gasteiger charge is -2.09. The Morgan fingerprint density at radius 2 is 1.56 bits per heavy atom. The van der Waals surface area contributed by atoms with Gasteiger partial charge in [-0.3, -0.25) is 0 Å². The number of benzene rings is 1. The van der Waals surface area contributed by atoms with E-state index in [2.05, 4.69) is 45.9 Å². The Morgan fingerprint density at radius 1 is 1.00 bits per heavy atom. The summed E-state index contributed by atoms with van der Waals surface area (Å²) < 4.78 is 5.67. The SMILES string of the molecule is CC(C)=C(C)OCCc1cc(C)cc(C)c1. The maximum absolute atomic E-state index is 5.67. The molecule has 0 unspecified atom stereocenters. The van der Waals surface area contributed by atoms with Crippen molar-refractivity contribution in [1.82, 2.24) is 0 Å². The van der Waals surface area contributed by atoms with Gasteiger partial charge in [0.05, 0.1) is 12.4 Å². The molecule has 1 rings (SSSR count). The highest BCUT2D eigenvalue weighted by Gasteiger charge is 1.98. The molecule has 0 aliphatic carbocycles. The molecule has 16 heavy (non-hydrogen) atoms. The van der Waals surface area contributed by atoms with Crippen LogP contribution in [0.4, 0.5) is 0 Å². The smallest absolute Gasteiger partial charge is 0.0917 e. The molecule has 0 aliphatic rings. The maximum Gasteiger partial charge on any atom is 0.0917 e. The summed E-state index contributed by atoms with van der Waals surface area (Å²) in [7, 11) is 0. The van der Waals surface area contributed by atoms with Crippen molar-refractivity contribution in [1.29, 1.82) is 0 Å². The first-order valence-corrected chi connectivity index (χ1v) is 5.83. The molecule has 0 bridgehead atoms. The molecule has 1 aromatic rings. The van der Waals surface area contributed by atoms with E-state index in [4.69, 9.17) is 4.74 Å². The summed E-state index contributed by atoms with van der Waals surface area (Å²) in [6.07, 6.45) is 0.979. The van der Waals surface area contributed by atoms with Gasteiger partial charge in [0.1, 0.15) is 0 Å². The van der Waals surface area contributed by atoms with E-state index >= 15 is 0 Å². The normalized spacial score (nSPS) is 10.1. The molecule has 0 N–H and O–H groups in total. The summed E-state index contributed by atoms with van der Waals surface area (Å²) in [5.74, 6) is 1.05. The van der Waals surface area contributed by atoms with Crippen LogP contribution < -0.4 is 0 Å². The first-order chi connectivity index (χ1) is 7.49. The Kier molecular flexibility index (Phi) is 4.60. The van der Waals surface area contributed by atoms with Gasteiger partial charge in [-0.2, -0.15) is 0 Å². The van der Waals surface area contributed by atoms with Crippen LogP contribution in [0.3, 0.4) is 0 Å². The van der Waals surface area contributed by atoms with E-state index in [1.807, 2.05) is 6.92 Å². The van der Waals surface area contributed by atoms with Crippen molar-refractivity contribution >= 4 is 0 Å². The molecule has 0 saturated heterocycles. The van der Waals surface area contributed by atoms with Gasteiger partial charge in [0.25, 0.3) is 0 Å². The molecule has 1 nitrogen and oxygen atoms in total. The molecule has 0 atom stereocenters. The van der Waals surface area contributed by atoms with E-state index in [-0.39, 0.29) is 0 Å². The number of ether oxygens (including phenoxy) is 1. The summed E-state index contributed by atoms with van der Waals surface area (Å²) >= 11 is 0. The third kappa shape index (κ3) is 4.09. The number of hydrogen-bond acceptors (Lipinski definition) is 1. The summed E-state index contributed by atoms with van der Waals surface area (Å²) in [5, 5.41) is 0. The van der Waals surface area contributed by atoms with Crippen molar-refractivity contribution in [3.05, 3.63) is 46.2 Å². The molecular formula is C15H22O. The number of rotatable bonds is 4. The average molecular weight is 218 g/mol. The molecule has 0 radical (unpaired) electrons. The zero-order chi connectivity index (χ0) is 12.1. The standard InChI is InChI=1S/C15H22O/c1-11(2)14(5)16-7-6-15-9-12(3)8-13(4)10-15/h8-10H,6-7H2,1-5H3. The van der Waals surface area contributed by atoms with E-state index in [9.17, 15) is 0 Å². The zero-order valence-electron chi connectivity index (χ0n) is 11.1. The quantitative estimate of drug-likeness (QED) is 0.689. The maximum atomic E-state index is 5.67. The van der Waals surface area contributed by atoms with Crippen LogP contribution in [0.2, 0.25) is 0 Å². The molecule has 0 heterocycles. The Bertz CT molecular complexity index is 364. The van der Waals surface area contributed by atoms with Crippen molar-refractivity contribution < 1.29 is 4.74 Å². The fourth-order valence-corrected chi connectivity index (χ4v) is 1.68. The van der Waals surface area contributed by atoms with Crippen LogP contribution in [0.15, 0.2) is 29.5 Å². The van der Waals surface area contributed by atoms with Gasteiger partial charge in [-0.1, -0.05) is 29.3 Å². The third-order valence-electron chi connectivity index (χ3n) is 2.69. The fourth-order valence-electron chi connectivity index (χ4n) is 1.68. The average Bonchev–Trinajstić information content (AvgIpc) is 2.15. The summed E-state index contributed by atoms with van der Waals surface area (Å²) in [4.78, 5) is 0. The predicted molar refractivity (Wildman–Crippen MR) is 69.6 cm³/mol. The van der Waals surface area contributed by atoms with Crippen LogP contribution >= 0.6 is 0 Å². The fraction of sp³-hybridized carbons (Fsp3) is 0.467. The number of hydrogen-bond donors (Lipinski definition) is 0. The topological polar surface area (TPSA) is 9.23 Å². The molecule has 1 heteroatoms. The number of allylic oxidation sites excluding steroid dienone is 2. The van der Waals surface area contributed by atoms with Gasteiger partial charge in [-0.05, 0) is 45.8 Å². The second-order valence-electron chi connectivity index (χ2n) is 4.65. The second kappa shape index (κ2) is 5.74. The Balaban J connectivity index is 2.52. The van der Waals surface area contributed by atoms with Gasteiger partial charge in [0.2, 0.25) is 0 Å². The molecule has 88 valence electrons. The molecule has 0 saturated carbocycles. The van der Waals surface area contributed by atoms with Crippen LogP contribution in [0.25, 0.3) is 0 Å². The van der Waals surface area contributed by atoms with Crippen molar-refractivity contribution in [2.45, 2.75) is 41.0 Å². The molecular weight excluding hydrogens is 196 g/mol. The minimum atomic E-state index is 0.764. The third-order valence-corrected chi connectivity index (χ3v) is 2.69. The Labute approximate surface area is 99.1 Å². The van der Waals surface area contributed by atoms with Gasteiger partial charge in [0.15, 0.2) is 0 Å². The highest BCUT2D eigenvalue weighted by atomic mass is 16.5. The van der Waals surface area contributed by atoms with Crippen molar-refractivity contribution in [3.63, 3.8) is 0 Å². The molecule has 0 amide bonds. The lowest BCUT2D eigenvalue weighted by molar-refractivity contribution is 0.214. The van der Waals surface area contributed by atoms with Gasteiger partial charge < -0.3 is 4.74 Å². The van der Waals surface area contributed by atoms with Crippen molar-refractivity contribution in [2.75, 3.05) is 6.61 Å². The van der Waals surface area contributed by atoms with Gasteiger partial charge >= 0.3 is 0 Å². The van der Waals surface area contributed by atoms with Crippen LogP contribution in [0.1, 0.15) is 37.5 Å². The van der Waals surface area contributed by atoms with E-state index in [1.54, 1.807) is 0 Å². The molecule has 0 aliphatic heterocycles. The minimum absolute atomic E-state index is 0.764. The van der Waals surface area contributed by atoms with Crippen LogP contribution in [0.5, 0.6) is 0 Å². The van der Waals surface area contributed by atoms with Crippen LogP contribution in [-0.4, -0.2) is 6.61 Å².